The van der Waals surface area contributed by atoms with Crippen molar-refractivity contribution in [1.29, 1.82) is 0 Å². The third-order valence-corrected chi connectivity index (χ3v) is 3.49. The SMILES string of the molecule is FC(F)(F)c1cc(Br)cnc1NCC1CCOCC1. The van der Waals surface area contributed by atoms with Crippen molar-refractivity contribution in [2.45, 2.75) is 19.0 Å². The molecule has 1 N–H and O–H groups in total. The summed E-state index contributed by atoms with van der Waals surface area (Å²) in [4.78, 5) is 3.82. The Morgan fingerprint density at radius 3 is 2.68 bits per heavy atom. The summed E-state index contributed by atoms with van der Waals surface area (Å²) in [5.74, 6) is 0.225. The summed E-state index contributed by atoms with van der Waals surface area (Å²) in [6.45, 7) is 1.83. The van der Waals surface area contributed by atoms with E-state index in [2.05, 4.69) is 26.2 Å². The smallest absolute Gasteiger partial charge is 0.381 e. The molecule has 106 valence electrons. The van der Waals surface area contributed by atoms with Crippen molar-refractivity contribution in [3.63, 3.8) is 0 Å². The van der Waals surface area contributed by atoms with Gasteiger partial charge in [-0.25, -0.2) is 4.98 Å². The van der Waals surface area contributed by atoms with Crippen molar-refractivity contribution >= 4 is 21.7 Å². The standard InChI is InChI=1S/C12H14BrF3N2O/c13-9-5-10(12(14,15)16)11(18-7-9)17-6-8-1-3-19-4-2-8/h5,7-8H,1-4,6H2,(H,17,18). The minimum absolute atomic E-state index is 0.109. The molecule has 0 aliphatic carbocycles. The Labute approximate surface area is 117 Å². The van der Waals surface area contributed by atoms with Gasteiger partial charge in [0.25, 0.3) is 0 Å². The second-order valence-electron chi connectivity index (χ2n) is 4.48. The van der Waals surface area contributed by atoms with E-state index < -0.39 is 11.7 Å². The van der Waals surface area contributed by atoms with Crippen molar-refractivity contribution in [3.8, 4) is 0 Å². The molecule has 0 aromatic carbocycles. The Bertz CT molecular complexity index is 433. The van der Waals surface area contributed by atoms with Crippen molar-refractivity contribution in [2.24, 2.45) is 5.92 Å². The number of rotatable bonds is 3. The van der Waals surface area contributed by atoms with Gasteiger partial charge in [0, 0.05) is 30.4 Å². The molecule has 1 fully saturated rings. The highest BCUT2D eigenvalue weighted by atomic mass is 79.9. The molecule has 0 spiro atoms. The zero-order valence-corrected chi connectivity index (χ0v) is 11.7. The molecule has 1 aliphatic heterocycles. The predicted molar refractivity (Wildman–Crippen MR) is 69.0 cm³/mol. The first-order valence-electron chi connectivity index (χ1n) is 6.01. The zero-order chi connectivity index (χ0) is 13.9. The summed E-state index contributed by atoms with van der Waals surface area (Å²) in [6.07, 6.45) is -1.31. The van der Waals surface area contributed by atoms with E-state index in [-0.39, 0.29) is 5.82 Å². The molecule has 0 amide bonds. The highest BCUT2D eigenvalue weighted by molar-refractivity contribution is 9.10. The maximum absolute atomic E-state index is 12.9. The van der Waals surface area contributed by atoms with Gasteiger partial charge >= 0.3 is 6.18 Å². The summed E-state index contributed by atoms with van der Waals surface area (Å²) in [7, 11) is 0. The number of nitrogens with one attached hydrogen (secondary N) is 1. The molecule has 2 rings (SSSR count). The van der Waals surface area contributed by atoms with E-state index in [0.717, 1.165) is 18.9 Å². The molecule has 1 saturated heterocycles. The Morgan fingerprint density at radius 2 is 2.05 bits per heavy atom. The Balaban J connectivity index is 2.06. The van der Waals surface area contributed by atoms with Gasteiger partial charge in [0.05, 0.1) is 5.56 Å². The number of halogens is 4. The fourth-order valence-electron chi connectivity index (χ4n) is 1.99. The van der Waals surface area contributed by atoms with E-state index in [9.17, 15) is 13.2 Å². The number of ether oxygens (including phenoxy) is 1. The molecule has 19 heavy (non-hydrogen) atoms. The van der Waals surface area contributed by atoms with Gasteiger partial charge in [0.1, 0.15) is 5.82 Å². The monoisotopic (exact) mass is 338 g/mol. The second kappa shape index (κ2) is 6.09. The van der Waals surface area contributed by atoms with Crippen LogP contribution in [0.25, 0.3) is 0 Å². The molecule has 1 aromatic rings. The van der Waals surface area contributed by atoms with Gasteiger partial charge in [-0.2, -0.15) is 13.2 Å². The predicted octanol–water partition coefficient (Wildman–Crippen LogP) is 3.70. The lowest BCUT2D eigenvalue weighted by molar-refractivity contribution is -0.137. The normalized spacial score (nSPS) is 17.5. The first-order chi connectivity index (χ1) is 8.97. The van der Waals surface area contributed by atoms with Crippen LogP contribution in [0.15, 0.2) is 16.7 Å². The van der Waals surface area contributed by atoms with E-state index in [1.54, 1.807) is 0 Å². The van der Waals surface area contributed by atoms with Crippen molar-refractivity contribution in [1.82, 2.24) is 4.98 Å². The lowest BCUT2D eigenvalue weighted by atomic mass is 10.0. The van der Waals surface area contributed by atoms with Gasteiger partial charge in [-0.1, -0.05) is 0 Å². The van der Waals surface area contributed by atoms with Crippen LogP contribution in [0.4, 0.5) is 19.0 Å². The third-order valence-electron chi connectivity index (χ3n) is 3.06. The number of pyridine rings is 1. The Hall–Kier alpha value is -0.820. The largest absolute Gasteiger partial charge is 0.419 e. The fourth-order valence-corrected chi connectivity index (χ4v) is 2.32. The first-order valence-corrected chi connectivity index (χ1v) is 6.80. The van der Waals surface area contributed by atoms with Crippen LogP contribution in [0.1, 0.15) is 18.4 Å². The molecule has 1 aliphatic rings. The molecule has 0 atom stereocenters. The summed E-state index contributed by atoms with van der Waals surface area (Å²) in [5, 5.41) is 2.81. The topological polar surface area (TPSA) is 34.2 Å². The van der Waals surface area contributed by atoms with Crippen LogP contribution in [-0.2, 0) is 10.9 Å². The molecule has 0 saturated carbocycles. The van der Waals surface area contributed by atoms with E-state index in [4.69, 9.17) is 4.74 Å². The number of hydrogen-bond acceptors (Lipinski definition) is 3. The maximum atomic E-state index is 12.9. The van der Waals surface area contributed by atoms with Gasteiger partial charge in [0.15, 0.2) is 0 Å². The minimum Gasteiger partial charge on any atom is -0.381 e. The van der Waals surface area contributed by atoms with E-state index in [1.165, 1.54) is 6.20 Å². The van der Waals surface area contributed by atoms with Crippen LogP contribution in [-0.4, -0.2) is 24.7 Å². The van der Waals surface area contributed by atoms with Crippen LogP contribution in [0.5, 0.6) is 0 Å². The van der Waals surface area contributed by atoms with E-state index >= 15 is 0 Å². The zero-order valence-electron chi connectivity index (χ0n) is 10.1. The average Bonchev–Trinajstić information content (AvgIpc) is 2.37. The van der Waals surface area contributed by atoms with Gasteiger partial charge in [-0.15, -0.1) is 0 Å². The molecule has 0 unspecified atom stereocenters. The van der Waals surface area contributed by atoms with Crippen LogP contribution in [0.2, 0.25) is 0 Å². The first kappa shape index (κ1) is 14.6. The van der Waals surface area contributed by atoms with Gasteiger partial charge in [-0.3, -0.25) is 0 Å². The molecular formula is C12H14BrF3N2O. The van der Waals surface area contributed by atoms with Crippen LogP contribution in [0.3, 0.4) is 0 Å². The van der Waals surface area contributed by atoms with Crippen LogP contribution in [0, 0.1) is 5.92 Å². The highest BCUT2D eigenvalue weighted by Gasteiger charge is 2.34. The summed E-state index contributed by atoms with van der Waals surface area (Å²) < 4.78 is 44.2. The lowest BCUT2D eigenvalue weighted by Gasteiger charge is -2.23. The quantitative estimate of drug-likeness (QED) is 0.912. The van der Waals surface area contributed by atoms with Crippen LogP contribution < -0.4 is 5.32 Å². The van der Waals surface area contributed by atoms with Gasteiger partial charge in [0.2, 0.25) is 0 Å². The number of hydrogen-bond donors (Lipinski definition) is 1. The number of anilines is 1. The number of aromatic nitrogens is 1. The average molecular weight is 339 g/mol. The van der Waals surface area contributed by atoms with Crippen LogP contribution >= 0.6 is 15.9 Å². The maximum Gasteiger partial charge on any atom is 0.419 e. The Morgan fingerprint density at radius 1 is 1.37 bits per heavy atom. The molecular weight excluding hydrogens is 325 g/mol. The van der Waals surface area contributed by atoms with Crippen molar-refractivity contribution in [3.05, 3.63) is 22.3 Å². The van der Waals surface area contributed by atoms with Crippen molar-refractivity contribution < 1.29 is 17.9 Å². The fraction of sp³-hybridized carbons (Fsp3) is 0.583. The van der Waals surface area contributed by atoms with E-state index in [1.807, 2.05) is 0 Å². The molecule has 2 heterocycles. The number of nitrogens with zero attached hydrogens (tertiary/aromatic N) is 1. The molecule has 0 bridgehead atoms. The Kier molecular flexibility index (Phi) is 4.67. The highest BCUT2D eigenvalue weighted by Crippen LogP contribution is 2.35. The van der Waals surface area contributed by atoms with E-state index in [0.29, 0.717) is 30.1 Å². The molecule has 0 radical (unpaired) electrons. The third kappa shape index (κ3) is 4.07. The molecule has 7 heteroatoms. The molecule has 3 nitrogen and oxygen atoms in total. The number of alkyl halides is 3. The second-order valence-corrected chi connectivity index (χ2v) is 5.40. The lowest BCUT2D eigenvalue weighted by Crippen LogP contribution is -2.24. The summed E-state index contributed by atoms with van der Waals surface area (Å²) >= 11 is 3.01. The summed E-state index contributed by atoms with van der Waals surface area (Å²) in [5.41, 5.74) is -0.742. The van der Waals surface area contributed by atoms with Crippen molar-refractivity contribution in [2.75, 3.05) is 25.1 Å². The minimum atomic E-state index is -4.41. The van der Waals surface area contributed by atoms with Gasteiger partial charge in [-0.05, 0) is 40.8 Å². The van der Waals surface area contributed by atoms with Gasteiger partial charge < -0.3 is 10.1 Å². The summed E-state index contributed by atoms with van der Waals surface area (Å²) in [6, 6.07) is 1.04. The molecule has 1 aromatic heterocycles.